The highest BCUT2D eigenvalue weighted by molar-refractivity contribution is 7.17. The zero-order chi connectivity index (χ0) is 27.1. The van der Waals surface area contributed by atoms with Crippen molar-refractivity contribution >= 4 is 40.0 Å². The van der Waals surface area contributed by atoms with Gasteiger partial charge in [-0.05, 0) is 79.6 Å². The topological polar surface area (TPSA) is 132 Å². The van der Waals surface area contributed by atoms with Gasteiger partial charge in [0, 0.05) is 17.0 Å². The Bertz CT molecular complexity index is 1420. The Kier molecular flexibility index (Phi) is 8.51. The lowest BCUT2D eigenvalue weighted by Gasteiger charge is -2.12. The Morgan fingerprint density at radius 3 is 2.50 bits per heavy atom. The number of hydrogen-bond acceptors (Lipinski definition) is 8. The quantitative estimate of drug-likeness (QED) is 0.121. The molecule has 1 N–H and O–H groups in total. The van der Waals surface area contributed by atoms with Crippen LogP contribution >= 0.6 is 11.3 Å². The van der Waals surface area contributed by atoms with Gasteiger partial charge in [-0.1, -0.05) is 12.1 Å². The van der Waals surface area contributed by atoms with Crippen LogP contribution in [0.1, 0.15) is 51.7 Å². The van der Waals surface area contributed by atoms with Crippen LogP contribution in [-0.4, -0.2) is 23.4 Å². The zero-order valence-electron chi connectivity index (χ0n) is 20.7. The second-order valence-electron chi connectivity index (χ2n) is 8.54. The Labute approximate surface area is 223 Å². The molecule has 1 amide bonds. The van der Waals surface area contributed by atoms with Gasteiger partial charge in [-0.15, -0.1) is 11.3 Å². The third kappa shape index (κ3) is 6.25. The zero-order valence-corrected chi connectivity index (χ0v) is 21.5. The van der Waals surface area contributed by atoms with Gasteiger partial charge in [0.15, 0.2) is 0 Å². The standard InChI is InChI=1S/C28H25N3O6S/c1-2-36-28(33)25-23-5-3-4-6-24(23)38-27(25)30-26(32)20(16-29)15-18-9-13-22(14-10-18)37-17-19-7-11-21(12-8-19)31(34)35/h7-15H,2-6,17H2,1H3,(H,30,32)/b20-15+. The van der Waals surface area contributed by atoms with E-state index in [-0.39, 0.29) is 24.5 Å². The number of fused-ring (bicyclic) bond motifs is 1. The van der Waals surface area contributed by atoms with Crippen LogP contribution in [-0.2, 0) is 29.0 Å². The van der Waals surface area contributed by atoms with E-state index in [0.717, 1.165) is 41.7 Å². The van der Waals surface area contributed by atoms with E-state index < -0.39 is 16.8 Å². The molecule has 0 bridgehead atoms. The van der Waals surface area contributed by atoms with E-state index in [2.05, 4.69) is 5.32 Å². The van der Waals surface area contributed by atoms with E-state index in [0.29, 0.717) is 21.9 Å². The molecule has 1 aliphatic carbocycles. The van der Waals surface area contributed by atoms with Crippen molar-refractivity contribution in [3.05, 3.63) is 91.3 Å². The molecule has 0 unspecified atom stereocenters. The molecular formula is C28H25N3O6S. The molecule has 3 aromatic rings. The van der Waals surface area contributed by atoms with Crippen molar-refractivity contribution in [2.75, 3.05) is 11.9 Å². The number of nitro benzene ring substituents is 1. The first-order valence-corrected chi connectivity index (χ1v) is 12.9. The molecule has 0 aliphatic heterocycles. The molecule has 10 heteroatoms. The molecule has 0 saturated heterocycles. The molecule has 2 aromatic carbocycles. The van der Waals surface area contributed by atoms with Gasteiger partial charge in [-0.25, -0.2) is 4.79 Å². The number of hydrogen-bond donors (Lipinski definition) is 1. The normalized spacial score (nSPS) is 12.7. The lowest BCUT2D eigenvalue weighted by Crippen LogP contribution is -2.16. The number of thiophene rings is 1. The first-order chi connectivity index (χ1) is 18.4. The highest BCUT2D eigenvalue weighted by Crippen LogP contribution is 2.38. The van der Waals surface area contributed by atoms with Crippen LogP contribution in [0.2, 0.25) is 0 Å². The number of carbonyl (C=O) groups excluding carboxylic acids is 2. The molecule has 0 radical (unpaired) electrons. The number of nitrogens with one attached hydrogen (secondary N) is 1. The summed E-state index contributed by atoms with van der Waals surface area (Å²) in [5.74, 6) is -0.504. The van der Waals surface area contributed by atoms with E-state index in [1.165, 1.54) is 29.5 Å². The number of non-ortho nitro benzene ring substituents is 1. The Balaban J connectivity index is 1.44. The molecule has 0 spiro atoms. The fourth-order valence-electron chi connectivity index (χ4n) is 4.10. The molecule has 0 saturated carbocycles. The average Bonchev–Trinajstić information content (AvgIpc) is 3.29. The fourth-order valence-corrected chi connectivity index (χ4v) is 5.37. The minimum atomic E-state index is -0.602. The lowest BCUT2D eigenvalue weighted by molar-refractivity contribution is -0.384. The average molecular weight is 532 g/mol. The van der Waals surface area contributed by atoms with Gasteiger partial charge in [0.05, 0.1) is 17.1 Å². The van der Waals surface area contributed by atoms with Crippen LogP contribution in [0.4, 0.5) is 10.7 Å². The summed E-state index contributed by atoms with van der Waals surface area (Å²) in [6.07, 6.45) is 5.07. The fraction of sp³-hybridized carbons (Fsp3) is 0.250. The number of nitrogens with zero attached hydrogens (tertiary/aromatic N) is 2. The number of rotatable bonds is 9. The van der Waals surface area contributed by atoms with E-state index >= 15 is 0 Å². The number of nitriles is 1. The number of carbonyl (C=O) groups is 2. The van der Waals surface area contributed by atoms with Gasteiger partial charge < -0.3 is 14.8 Å². The van der Waals surface area contributed by atoms with Crippen LogP contribution in [0.25, 0.3) is 6.08 Å². The third-order valence-corrected chi connectivity index (χ3v) is 7.19. The first kappa shape index (κ1) is 26.6. The van der Waals surface area contributed by atoms with Gasteiger partial charge in [-0.2, -0.15) is 5.26 Å². The molecule has 0 atom stereocenters. The summed E-state index contributed by atoms with van der Waals surface area (Å²) in [5.41, 5.74) is 2.63. The van der Waals surface area contributed by atoms with Crippen molar-refractivity contribution in [2.24, 2.45) is 0 Å². The van der Waals surface area contributed by atoms with Gasteiger partial charge in [0.1, 0.15) is 29.0 Å². The molecule has 0 fully saturated rings. The largest absolute Gasteiger partial charge is 0.489 e. The predicted molar refractivity (Wildman–Crippen MR) is 143 cm³/mol. The van der Waals surface area contributed by atoms with E-state index in [1.807, 2.05) is 6.07 Å². The molecule has 4 rings (SSSR count). The number of nitro groups is 1. The van der Waals surface area contributed by atoms with Crippen molar-refractivity contribution in [1.82, 2.24) is 0 Å². The van der Waals surface area contributed by atoms with Crippen molar-refractivity contribution in [3.8, 4) is 11.8 Å². The monoisotopic (exact) mass is 531 g/mol. The summed E-state index contributed by atoms with van der Waals surface area (Å²) in [4.78, 5) is 37.0. The van der Waals surface area contributed by atoms with Crippen LogP contribution in [0.3, 0.4) is 0 Å². The summed E-state index contributed by atoms with van der Waals surface area (Å²) in [5, 5.41) is 23.6. The molecular weight excluding hydrogens is 506 g/mol. The number of aryl methyl sites for hydroxylation is 1. The maximum absolute atomic E-state index is 13.0. The van der Waals surface area contributed by atoms with Crippen LogP contribution in [0.5, 0.6) is 5.75 Å². The van der Waals surface area contributed by atoms with Gasteiger partial charge in [-0.3, -0.25) is 14.9 Å². The maximum Gasteiger partial charge on any atom is 0.341 e. The van der Waals surface area contributed by atoms with Crippen molar-refractivity contribution in [3.63, 3.8) is 0 Å². The van der Waals surface area contributed by atoms with E-state index in [1.54, 1.807) is 43.3 Å². The molecule has 1 aromatic heterocycles. The number of anilines is 1. The summed E-state index contributed by atoms with van der Waals surface area (Å²) in [7, 11) is 0. The number of benzene rings is 2. The highest BCUT2D eigenvalue weighted by atomic mass is 32.1. The molecule has 194 valence electrons. The summed E-state index contributed by atoms with van der Waals surface area (Å²) in [6, 6.07) is 14.9. The van der Waals surface area contributed by atoms with Crippen molar-refractivity contribution in [1.29, 1.82) is 5.26 Å². The van der Waals surface area contributed by atoms with Crippen molar-refractivity contribution < 1.29 is 24.0 Å². The van der Waals surface area contributed by atoms with Crippen molar-refractivity contribution in [2.45, 2.75) is 39.2 Å². The summed E-state index contributed by atoms with van der Waals surface area (Å²) in [6.45, 7) is 2.19. The molecule has 38 heavy (non-hydrogen) atoms. The second kappa shape index (κ2) is 12.2. The third-order valence-electron chi connectivity index (χ3n) is 5.99. The van der Waals surface area contributed by atoms with Gasteiger partial charge >= 0.3 is 5.97 Å². The second-order valence-corrected chi connectivity index (χ2v) is 9.65. The molecule has 1 heterocycles. The Hall–Kier alpha value is -4.49. The lowest BCUT2D eigenvalue weighted by atomic mass is 9.95. The first-order valence-electron chi connectivity index (χ1n) is 12.1. The molecule has 9 nitrogen and oxygen atoms in total. The van der Waals surface area contributed by atoms with E-state index in [9.17, 15) is 25.0 Å². The summed E-state index contributed by atoms with van der Waals surface area (Å²) < 4.78 is 11.0. The predicted octanol–water partition coefficient (Wildman–Crippen LogP) is 5.84. The minimum Gasteiger partial charge on any atom is -0.489 e. The Morgan fingerprint density at radius 1 is 1.13 bits per heavy atom. The van der Waals surface area contributed by atoms with Crippen LogP contribution < -0.4 is 10.1 Å². The summed E-state index contributed by atoms with van der Waals surface area (Å²) >= 11 is 1.37. The maximum atomic E-state index is 13.0. The van der Waals surface area contributed by atoms with Crippen LogP contribution in [0.15, 0.2) is 54.1 Å². The molecule has 1 aliphatic rings. The number of ether oxygens (including phenoxy) is 2. The number of esters is 1. The van der Waals surface area contributed by atoms with Gasteiger partial charge in [0.25, 0.3) is 11.6 Å². The van der Waals surface area contributed by atoms with E-state index in [4.69, 9.17) is 9.47 Å². The minimum absolute atomic E-state index is 0.0121. The highest BCUT2D eigenvalue weighted by Gasteiger charge is 2.27. The van der Waals surface area contributed by atoms with Gasteiger partial charge in [0.2, 0.25) is 0 Å². The SMILES string of the molecule is CCOC(=O)c1c(NC(=O)/C(C#N)=C/c2ccc(OCc3ccc([N+](=O)[O-])cc3)cc2)sc2c1CCCC2. The smallest absolute Gasteiger partial charge is 0.341 e. The van der Waals surface area contributed by atoms with Crippen LogP contribution in [0, 0.1) is 21.4 Å². The number of amides is 1. The Morgan fingerprint density at radius 2 is 1.84 bits per heavy atom.